The Morgan fingerprint density at radius 2 is 1.97 bits per heavy atom. The highest BCUT2D eigenvalue weighted by atomic mass is 32.2. The number of thiazole rings is 1. The summed E-state index contributed by atoms with van der Waals surface area (Å²) in [5.74, 6) is -0.822. The van der Waals surface area contributed by atoms with E-state index in [9.17, 15) is 17.6 Å². The van der Waals surface area contributed by atoms with E-state index in [1.165, 1.54) is 53.8 Å². The molecule has 0 aliphatic heterocycles. The molecular formula is C20H18FN3O3S2. The number of sulfonamides is 1. The first-order valence-electron chi connectivity index (χ1n) is 8.55. The number of benzene rings is 2. The van der Waals surface area contributed by atoms with Crippen molar-refractivity contribution in [2.24, 2.45) is 0 Å². The van der Waals surface area contributed by atoms with Crippen LogP contribution < -0.4 is 10.0 Å². The van der Waals surface area contributed by atoms with Gasteiger partial charge in [-0.3, -0.25) is 10.1 Å². The molecule has 0 aliphatic rings. The monoisotopic (exact) mass is 431 g/mol. The second-order valence-corrected chi connectivity index (χ2v) is 9.02. The summed E-state index contributed by atoms with van der Waals surface area (Å²) in [5, 5.41) is 3.05. The van der Waals surface area contributed by atoms with E-state index in [1.54, 1.807) is 12.1 Å². The molecule has 0 spiro atoms. The minimum Gasteiger partial charge on any atom is -0.298 e. The van der Waals surface area contributed by atoms with Gasteiger partial charge in [0.05, 0.1) is 10.6 Å². The molecular weight excluding hydrogens is 413 g/mol. The topological polar surface area (TPSA) is 88.2 Å². The molecule has 2 N–H and O–H groups in total. The fourth-order valence-electron chi connectivity index (χ4n) is 2.55. The van der Waals surface area contributed by atoms with Crippen molar-refractivity contribution in [2.75, 3.05) is 11.9 Å². The maximum absolute atomic E-state index is 13.1. The third-order valence-electron chi connectivity index (χ3n) is 3.96. The van der Waals surface area contributed by atoms with E-state index < -0.39 is 15.9 Å². The lowest BCUT2D eigenvalue weighted by Gasteiger charge is -2.07. The summed E-state index contributed by atoms with van der Waals surface area (Å²) < 4.78 is 39.9. The van der Waals surface area contributed by atoms with Crippen molar-refractivity contribution in [2.45, 2.75) is 11.8 Å². The highest BCUT2D eigenvalue weighted by Crippen LogP contribution is 2.30. The first kappa shape index (κ1) is 20.8. The summed E-state index contributed by atoms with van der Waals surface area (Å²) in [5.41, 5.74) is 1.57. The number of nitrogens with zero attached hydrogens (tertiary/aromatic N) is 1. The van der Waals surface area contributed by atoms with Gasteiger partial charge in [0.15, 0.2) is 5.13 Å². The van der Waals surface area contributed by atoms with Crippen LogP contribution in [-0.4, -0.2) is 25.9 Å². The van der Waals surface area contributed by atoms with E-state index in [4.69, 9.17) is 0 Å². The SMILES string of the molecule is C=CCNS(=O)(=O)c1cccc(C(=O)Nc2nc(-c3ccc(F)cc3)c(C)s2)c1. The number of rotatable bonds is 7. The molecule has 1 amide bonds. The quantitative estimate of drug-likeness (QED) is 0.554. The molecule has 0 aliphatic carbocycles. The highest BCUT2D eigenvalue weighted by molar-refractivity contribution is 7.89. The lowest BCUT2D eigenvalue weighted by molar-refractivity contribution is 0.102. The van der Waals surface area contributed by atoms with Gasteiger partial charge in [0, 0.05) is 22.5 Å². The van der Waals surface area contributed by atoms with Gasteiger partial charge in [-0.2, -0.15) is 0 Å². The summed E-state index contributed by atoms with van der Waals surface area (Å²) in [4.78, 5) is 17.8. The van der Waals surface area contributed by atoms with Crippen molar-refractivity contribution < 1.29 is 17.6 Å². The number of halogens is 1. The van der Waals surface area contributed by atoms with Gasteiger partial charge in [0.1, 0.15) is 5.82 Å². The van der Waals surface area contributed by atoms with E-state index in [0.717, 1.165) is 10.4 Å². The van der Waals surface area contributed by atoms with Gasteiger partial charge in [0.2, 0.25) is 10.0 Å². The molecule has 0 bridgehead atoms. The second-order valence-electron chi connectivity index (χ2n) is 6.05. The Hall–Kier alpha value is -2.88. The standard InChI is InChI=1S/C20H18FN3O3S2/c1-3-11-22-29(26,27)17-6-4-5-15(12-17)19(25)24-20-23-18(13(2)28-20)14-7-9-16(21)10-8-14/h3-10,12,22H,1,11H2,2H3,(H,23,24,25). The Kier molecular flexibility index (Phi) is 6.21. The van der Waals surface area contributed by atoms with Gasteiger partial charge in [-0.25, -0.2) is 22.5 Å². The minimum absolute atomic E-state index is 0.0191. The zero-order valence-corrected chi connectivity index (χ0v) is 17.1. The molecule has 3 rings (SSSR count). The van der Waals surface area contributed by atoms with Gasteiger partial charge in [-0.15, -0.1) is 17.9 Å². The molecule has 0 fully saturated rings. The number of aromatic nitrogens is 1. The molecule has 9 heteroatoms. The van der Waals surface area contributed by atoms with Crippen molar-refractivity contribution in [1.29, 1.82) is 0 Å². The molecule has 0 atom stereocenters. The van der Waals surface area contributed by atoms with E-state index in [1.807, 2.05) is 6.92 Å². The largest absolute Gasteiger partial charge is 0.298 e. The van der Waals surface area contributed by atoms with Gasteiger partial charge >= 0.3 is 0 Å². The normalized spacial score (nSPS) is 11.2. The number of aryl methyl sites for hydroxylation is 1. The predicted molar refractivity (Wildman–Crippen MR) is 112 cm³/mol. The summed E-state index contributed by atoms with van der Waals surface area (Å²) in [7, 11) is -3.74. The van der Waals surface area contributed by atoms with E-state index in [0.29, 0.717) is 10.8 Å². The number of hydrogen-bond acceptors (Lipinski definition) is 5. The number of carbonyl (C=O) groups excluding carboxylic acids is 1. The Bertz CT molecular complexity index is 1160. The Balaban J connectivity index is 1.81. The van der Waals surface area contributed by atoms with Crippen LogP contribution in [0.5, 0.6) is 0 Å². The Morgan fingerprint density at radius 1 is 1.24 bits per heavy atom. The summed E-state index contributed by atoms with van der Waals surface area (Å²) in [6.45, 7) is 5.41. The molecule has 6 nitrogen and oxygen atoms in total. The van der Waals surface area contributed by atoms with Crippen LogP contribution in [0.2, 0.25) is 0 Å². The van der Waals surface area contributed by atoms with Crippen molar-refractivity contribution in [3.05, 3.63) is 77.4 Å². The van der Waals surface area contributed by atoms with Gasteiger partial charge < -0.3 is 0 Å². The Labute approximate surface area is 172 Å². The number of nitrogens with one attached hydrogen (secondary N) is 2. The average Bonchev–Trinajstić information content (AvgIpc) is 3.07. The van der Waals surface area contributed by atoms with Gasteiger partial charge in [0.25, 0.3) is 5.91 Å². The zero-order valence-electron chi connectivity index (χ0n) is 15.5. The first-order valence-corrected chi connectivity index (χ1v) is 10.9. The van der Waals surface area contributed by atoms with Crippen molar-refractivity contribution >= 4 is 32.4 Å². The van der Waals surface area contributed by atoms with Crippen LogP contribution in [0.4, 0.5) is 9.52 Å². The third-order valence-corrected chi connectivity index (χ3v) is 6.27. The molecule has 0 saturated heterocycles. The third kappa shape index (κ3) is 4.94. The van der Waals surface area contributed by atoms with E-state index in [-0.39, 0.29) is 22.8 Å². The van der Waals surface area contributed by atoms with Crippen LogP contribution in [0.3, 0.4) is 0 Å². The highest BCUT2D eigenvalue weighted by Gasteiger charge is 2.17. The van der Waals surface area contributed by atoms with E-state index in [2.05, 4.69) is 21.6 Å². The van der Waals surface area contributed by atoms with Crippen LogP contribution in [-0.2, 0) is 10.0 Å². The molecule has 29 heavy (non-hydrogen) atoms. The molecule has 2 aromatic carbocycles. The lowest BCUT2D eigenvalue weighted by Crippen LogP contribution is -2.24. The molecule has 1 heterocycles. The van der Waals surface area contributed by atoms with Crippen LogP contribution in [0.1, 0.15) is 15.2 Å². The zero-order chi connectivity index (χ0) is 21.0. The van der Waals surface area contributed by atoms with Crippen molar-refractivity contribution in [1.82, 2.24) is 9.71 Å². The smallest absolute Gasteiger partial charge is 0.257 e. The first-order chi connectivity index (χ1) is 13.8. The summed E-state index contributed by atoms with van der Waals surface area (Å²) in [6.07, 6.45) is 1.43. The molecule has 3 aromatic rings. The van der Waals surface area contributed by atoms with E-state index >= 15 is 0 Å². The van der Waals surface area contributed by atoms with Crippen LogP contribution in [0.15, 0.2) is 66.1 Å². The molecule has 150 valence electrons. The molecule has 0 unspecified atom stereocenters. The number of carbonyl (C=O) groups is 1. The maximum atomic E-state index is 13.1. The number of anilines is 1. The average molecular weight is 432 g/mol. The van der Waals surface area contributed by atoms with Crippen molar-refractivity contribution in [3.8, 4) is 11.3 Å². The second kappa shape index (κ2) is 8.64. The molecule has 0 saturated carbocycles. The van der Waals surface area contributed by atoms with Crippen LogP contribution in [0, 0.1) is 12.7 Å². The maximum Gasteiger partial charge on any atom is 0.257 e. The van der Waals surface area contributed by atoms with Crippen LogP contribution in [0.25, 0.3) is 11.3 Å². The summed E-state index contributed by atoms with van der Waals surface area (Å²) >= 11 is 1.28. The lowest BCUT2D eigenvalue weighted by atomic mass is 10.1. The fraction of sp³-hybridized carbons (Fsp3) is 0.100. The number of hydrogen-bond donors (Lipinski definition) is 2. The molecule has 0 radical (unpaired) electrons. The van der Waals surface area contributed by atoms with Crippen molar-refractivity contribution in [3.63, 3.8) is 0 Å². The van der Waals surface area contributed by atoms with Gasteiger partial charge in [-0.05, 0) is 49.4 Å². The number of amides is 1. The minimum atomic E-state index is -3.74. The predicted octanol–water partition coefficient (Wildman–Crippen LogP) is 3.97. The fourth-order valence-corrected chi connectivity index (χ4v) is 4.43. The Morgan fingerprint density at radius 3 is 2.66 bits per heavy atom. The van der Waals surface area contributed by atoms with Crippen LogP contribution >= 0.6 is 11.3 Å². The van der Waals surface area contributed by atoms with Gasteiger partial charge in [-0.1, -0.05) is 12.1 Å². The molecule has 1 aromatic heterocycles. The summed E-state index contributed by atoms with van der Waals surface area (Å²) in [6, 6.07) is 11.6.